The minimum atomic E-state index is -0.240. The molecular formula is C25H29N5O2. The van der Waals surface area contributed by atoms with Gasteiger partial charge in [-0.15, -0.1) is 0 Å². The van der Waals surface area contributed by atoms with Crippen LogP contribution in [0, 0.1) is 6.92 Å². The van der Waals surface area contributed by atoms with Crippen molar-refractivity contribution in [2.45, 2.75) is 38.4 Å². The third kappa shape index (κ3) is 4.89. The Bertz CT molecular complexity index is 1040. The van der Waals surface area contributed by atoms with Crippen LogP contribution in [-0.2, 0) is 11.3 Å². The highest BCUT2D eigenvalue weighted by Gasteiger charge is 2.33. The van der Waals surface area contributed by atoms with Crippen molar-refractivity contribution in [2.75, 3.05) is 26.2 Å². The number of nitrogens with zero attached hydrogens (tertiary/aromatic N) is 4. The molecule has 2 aliphatic rings. The quantitative estimate of drug-likeness (QED) is 0.619. The fourth-order valence-electron chi connectivity index (χ4n) is 4.18. The van der Waals surface area contributed by atoms with E-state index in [4.69, 9.17) is 4.52 Å². The molecule has 1 amide bonds. The Balaban J connectivity index is 1.21. The minimum absolute atomic E-state index is 0.117. The summed E-state index contributed by atoms with van der Waals surface area (Å²) in [5, 5.41) is 7.34. The fourth-order valence-corrected chi connectivity index (χ4v) is 4.18. The third-order valence-electron chi connectivity index (χ3n) is 6.20. The van der Waals surface area contributed by atoms with Crippen molar-refractivity contribution in [2.24, 2.45) is 0 Å². The summed E-state index contributed by atoms with van der Waals surface area (Å²) in [6.07, 6.45) is 2.19. The highest BCUT2D eigenvalue weighted by molar-refractivity contribution is 5.83. The van der Waals surface area contributed by atoms with E-state index in [0.717, 1.165) is 50.1 Å². The lowest BCUT2D eigenvalue weighted by molar-refractivity contribution is -0.127. The molecule has 2 aromatic carbocycles. The normalized spacial score (nSPS) is 18.4. The second kappa shape index (κ2) is 9.22. The van der Waals surface area contributed by atoms with Gasteiger partial charge in [0.05, 0.1) is 6.54 Å². The standard InChI is InChI=1S/C25H29N5O2/c1-18-7-9-20(10-8-18)24-27-22(32-28-24)17-29-13-15-30(16-14-29)23(19-5-3-2-4-6-19)25(31)26-21-11-12-21/h2-10,21,23H,11-17H2,1H3,(H,26,31). The van der Waals surface area contributed by atoms with Gasteiger partial charge in [-0.2, -0.15) is 4.98 Å². The number of amides is 1. The highest BCUT2D eigenvalue weighted by atomic mass is 16.5. The summed E-state index contributed by atoms with van der Waals surface area (Å²) >= 11 is 0. The average Bonchev–Trinajstić information content (AvgIpc) is 3.51. The molecule has 1 saturated carbocycles. The molecule has 0 radical (unpaired) electrons. The first-order valence-corrected chi connectivity index (χ1v) is 11.4. The minimum Gasteiger partial charge on any atom is -0.352 e. The van der Waals surface area contributed by atoms with Gasteiger partial charge in [-0.3, -0.25) is 14.6 Å². The molecule has 1 N–H and O–H groups in total. The van der Waals surface area contributed by atoms with Crippen LogP contribution in [0.3, 0.4) is 0 Å². The van der Waals surface area contributed by atoms with E-state index in [1.54, 1.807) is 0 Å². The Morgan fingerprint density at radius 2 is 1.78 bits per heavy atom. The summed E-state index contributed by atoms with van der Waals surface area (Å²) in [4.78, 5) is 22.2. The van der Waals surface area contributed by atoms with Crippen molar-refractivity contribution in [3.63, 3.8) is 0 Å². The number of nitrogens with one attached hydrogen (secondary N) is 1. The zero-order chi connectivity index (χ0) is 21.9. The van der Waals surface area contributed by atoms with Crippen molar-refractivity contribution >= 4 is 5.91 Å². The molecule has 0 bridgehead atoms. The predicted octanol–water partition coefficient (Wildman–Crippen LogP) is 3.18. The molecule has 1 unspecified atom stereocenters. The van der Waals surface area contributed by atoms with Gasteiger partial charge in [-0.1, -0.05) is 65.3 Å². The average molecular weight is 432 g/mol. The lowest BCUT2D eigenvalue weighted by atomic mass is 10.0. The van der Waals surface area contributed by atoms with Crippen LogP contribution in [0.25, 0.3) is 11.4 Å². The van der Waals surface area contributed by atoms with Gasteiger partial charge in [0.25, 0.3) is 0 Å². The Kier molecular flexibility index (Phi) is 6.01. The van der Waals surface area contributed by atoms with Crippen LogP contribution < -0.4 is 5.32 Å². The van der Waals surface area contributed by atoms with Gasteiger partial charge in [-0.25, -0.2) is 0 Å². The van der Waals surface area contributed by atoms with Gasteiger partial charge in [0, 0.05) is 37.8 Å². The van der Waals surface area contributed by atoms with E-state index >= 15 is 0 Å². The molecule has 1 saturated heterocycles. The molecule has 166 valence electrons. The Hall–Kier alpha value is -3.03. The van der Waals surface area contributed by atoms with Gasteiger partial charge in [-0.05, 0) is 25.3 Å². The fraction of sp³-hybridized carbons (Fsp3) is 0.400. The zero-order valence-corrected chi connectivity index (χ0v) is 18.4. The summed E-state index contributed by atoms with van der Waals surface area (Å²) in [6.45, 7) is 6.01. The molecule has 1 aliphatic heterocycles. The summed E-state index contributed by atoms with van der Waals surface area (Å²) in [7, 11) is 0. The monoisotopic (exact) mass is 431 g/mol. The van der Waals surface area contributed by atoms with Crippen molar-refractivity contribution in [3.05, 3.63) is 71.6 Å². The van der Waals surface area contributed by atoms with Crippen molar-refractivity contribution in [1.29, 1.82) is 0 Å². The van der Waals surface area contributed by atoms with Crippen LogP contribution in [-0.4, -0.2) is 58.1 Å². The maximum Gasteiger partial charge on any atom is 0.242 e. The first-order valence-electron chi connectivity index (χ1n) is 11.4. The maximum atomic E-state index is 13.0. The van der Waals surface area contributed by atoms with Crippen LogP contribution in [0.1, 0.15) is 35.9 Å². The Morgan fingerprint density at radius 3 is 2.47 bits per heavy atom. The molecule has 1 aromatic heterocycles. The van der Waals surface area contributed by atoms with Gasteiger partial charge < -0.3 is 9.84 Å². The molecule has 32 heavy (non-hydrogen) atoms. The number of benzene rings is 2. The molecule has 1 atom stereocenters. The van der Waals surface area contributed by atoms with E-state index in [0.29, 0.717) is 24.3 Å². The number of aryl methyl sites for hydroxylation is 1. The van der Waals surface area contributed by atoms with Crippen LogP contribution in [0.4, 0.5) is 0 Å². The molecule has 7 heteroatoms. The predicted molar refractivity (Wildman–Crippen MR) is 122 cm³/mol. The molecular weight excluding hydrogens is 402 g/mol. The Labute approximate surface area is 188 Å². The highest BCUT2D eigenvalue weighted by Crippen LogP contribution is 2.26. The van der Waals surface area contributed by atoms with E-state index < -0.39 is 0 Å². The first kappa shape index (κ1) is 20.8. The van der Waals surface area contributed by atoms with Gasteiger partial charge in [0.1, 0.15) is 6.04 Å². The molecule has 7 nitrogen and oxygen atoms in total. The van der Waals surface area contributed by atoms with E-state index in [1.807, 2.05) is 42.5 Å². The first-order chi connectivity index (χ1) is 15.7. The van der Waals surface area contributed by atoms with Crippen molar-refractivity contribution in [1.82, 2.24) is 25.3 Å². The van der Waals surface area contributed by atoms with Crippen LogP contribution in [0.2, 0.25) is 0 Å². The molecule has 3 aromatic rings. The lowest BCUT2D eigenvalue weighted by Crippen LogP contribution is -2.51. The lowest BCUT2D eigenvalue weighted by Gasteiger charge is -2.38. The molecule has 2 fully saturated rings. The Morgan fingerprint density at radius 1 is 1.06 bits per heavy atom. The summed E-state index contributed by atoms with van der Waals surface area (Å²) < 4.78 is 5.50. The number of aromatic nitrogens is 2. The number of rotatable bonds is 7. The second-order valence-corrected chi connectivity index (χ2v) is 8.79. The van der Waals surface area contributed by atoms with E-state index in [9.17, 15) is 4.79 Å². The van der Waals surface area contributed by atoms with Crippen LogP contribution >= 0.6 is 0 Å². The summed E-state index contributed by atoms with van der Waals surface area (Å²) in [6, 6.07) is 18.3. The number of carbonyl (C=O) groups excluding carboxylic acids is 1. The number of hydrogen-bond acceptors (Lipinski definition) is 6. The zero-order valence-electron chi connectivity index (χ0n) is 18.4. The van der Waals surface area contributed by atoms with E-state index in [1.165, 1.54) is 5.56 Å². The smallest absolute Gasteiger partial charge is 0.242 e. The third-order valence-corrected chi connectivity index (χ3v) is 6.20. The molecule has 5 rings (SSSR count). The summed E-state index contributed by atoms with van der Waals surface area (Å²) in [5.74, 6) is 1.37. The van der Waals surface area contributed by atoms with Crippen molar-refractivity contribution in [3.8, 4) is 11.4 Å². The van der Waals surface area contributed by atoms with Crippen LogP contribution in [0.5, 0.6) is 0 Å². The van der Waals surface area contributed by atoms with Gasteiger partial charge in [0.15, 0.2) is 0 Å². The molecule has 0 spiro atoms. The number of carbonyl (C=O) groups is 1. The van der Waals surface area contributed by atoms with E-state index in [-0.39, 0.29) is 11.9 Å². The van der Waals surface area contributed by atoms with Crippen LogP contribution in [0.15, 0.2) is 59.1 Å². The second-order valence-electron chi connectivity index (χ2n) is 8.79. The topological polar surface area (TPSA) is 74.5 Å². The van der Waals surface area contributed by atoms with Gasteiger partial charge >= 0.3 is 0 Å². The van der Waals surface area contributed by atoms with E-state index in [2.05, 4.69) is 44.3 Å². The maximum absolute atomic E-state index is 13.0. The van der Waals surface area contributed by atoms with Crippen molar-refractivity contribution < 1.29 is 9.32 Å². The van der Waals surface area contributed by atoms with Gasteiger partial charge in [0.2, 0.25) is 17.6 Å². The molecule has 2 heterocycles. The largest absolute Gasteiger partial charge is 0.352 e. The molecule has 1 aliphatic carbocycles. The number of hydrogen-bond donors (Lipinski definition) is 1. The SMILES string of the molecule is Cc1ccc(-c2noc(CN3CCN(C(C(=O)NC4CC4)c4ccccc4)CC3)n2)cc1. The summed E-state index contributed by atoms with van der Waals surface area (Å²) in [5.41, 5.74) is 3.22. The number of piperazine rings is 1.